The van der Waals surface area contributed by atoms with Crippen molar-refractivity contribution < 1.29 is 25.0 Å². The average molecular weight is 540 g/mol. The van der Waals surface area contributed by atoms with Gasteiger partial charge in [0.2, 0.25) is 5.91 Å². The van der Waals surface area contributed by atoms with Gasteiger partial charge in [0.1, 0.15) is 0 Å². The maximum absolute atomic E-state index is 11.8. The van der Waals surface area contributed by atoms with Gasteiger partial charge in [0.25, 0.3) is 5.69 Å². The summed E-state index contributed by atoms with van der Waals surface area (Å²) in [5, 5.41) is 44.1. The molecule has 3 fully saturated rings. The van der Waals surface area contributed by atoms with Crippen LogP contribution in [0, 0.1) is 22.0 Å². The number of hydrogen-bond acceptors (Lipinski definition) is 7. The molecule has 4 atom stereocenters. The first kappa shape index (κ1) is 28.8. The summed E-state index contributed by atoms with van der Waals surface area (Å²) in [5.41, 5.74) is 1.17. The van der Waals surface area contributed by atoms with E-state index in [0.29, 0.717) is 5.92 Å². The van der Waals surface area contributed by atoms with E-state index in [2.05, 4.69) is 17.1 Å². The predicted molar refractivity (Wildman–Crippen MR) is 149 cm³/mol. The molecule has 1 amide bonds. The van der Waals surface area contributed by atoms with Gasteiger partial charge in [0.05, 0.1) is 16.9 Å². The van der Waals surface area contributed by atoms with Crippen LogP contribution in [0.4, 0.5) is 5.69 Å². The number of piperidine rings is 1. The molecule has 9 nitrogen and oxygen atoms in total. The summed E-state index contributed by atoms with van der Waals surface area (Å²) < 4.78 is 0. The van der Waals surface area contributed by atoms with Gasteiger partial charge < -0.3 is 20.6 Å². The number of hydrogen-bond donors (Lipinski definition) is 4. The Hall–Kier alpha value is -3.17. The van der Waals surface area contributed by atoms with Crippen LogP contribution in [0.15, 0.2) is 42.5 Å². The van der Waals surface area contributed by atoms with E-state index in [1.54, 1.807) is 31.3 Å². The van der Waals surface area contributed by atoms with Crippen LogP contribution in [0.25, 0.3) is 0 Å². The van der Waals surface area contributed by atoms with Crippen molar-refractivity contribution in [2.45, 2.75) is 75.9 Å². The minimum atomic E-state index is -0.627. The number of fused-ring (bicyclic) bond motifs is 1. The lowest BCUT2D eigenvalue weighted by Crippen LogP contribution is -2.64. The molecule has 1 aliphatic heterocycles. The minimum Gasteiger partial charge on any atom is -0.504 e. The second kappa shape index (κ2) is 12.3. The zero-order chi connectivity index (χ0) is 28.2. The van der Waals surface area contributed by atoms with Crippen LogP contribution < -0.4 is 5.32 Å². The zero-order valence-electron chi connectivity index (χ0n) is 22.9. The molecule has 9 heteroatoms. The minimum absolute atomic E-state index is 0.0330. The fourth-order valence-corrected chi connectivity index (χ4v) is 6.41. The maximum Gasteiger partial charge on any atom is 0.269 e. The number of benzene rings is 2. The Morgan fingerprint density at radius 1 is 1.10 bits per heavy atom. The number of likely N-dealkylation sites (N-methyl/N-ethyl adjacent to an activating group) is 1. The summed E-state index contributed by atoms with van der Waals surface area (Å²) in [6.45, 7) is 4.34. The molecule has 0 spiro atoms. The van der Waals surface area contributed by atoms with Gasteiger partial charge in [-0.1, -0.05) is 38.0 Å². The van der Waals surface area contributed by atoms with Gasteiger partial charge in [0.15, 0.2) is 11.5 Å². The highest BCUT2D eigenvalue weighted by Gasteiger charge is 2.53. The molecule has 212 valence electrons. The monoisotopic (exact) mass is 539 g/mol. The highest BCUT2D eigenvalue weighted by atomic mass is 16.6. The van der Waals surface area contributed by atoms with Crippen molar-refractivity contribution in [2.75, 3.05) is 20.1 Å². The van der Waals surface area contributed by atoms with Crippen LogP contribution in [0.5, 0.6) is 11.5 Å². The van der Waals surface area contributed by atoms with E-state index in [-0.39, 0.29) is 41.5 Å². The van der Waals surface area contributed by atoms with Crippen molar-refractivity contribution in [1.29, 1.82) is 0 Å². The molecule has 39 heavy (non-hydrogen) atoms. The van der Waals surface area contributed by atoms with Gasteiger partial charge in [-0.15, -0.1) is 0 Å². The van der Waals surface area contributed by atoms with Gasteiger partial charge in [-0.2, -0.15) is 0 Å². The molecule has 2 saturated carbocycles. The summed E-state index contributed by atoms with van der Waals surface area (Å²) in [6.07, 6.45) is 8.35. The number of nitro benzene ring substituents is 1. The number of carbonyl (C=O) groups excluding carboxylic acids is 1. The molecule has 2 aromatic carbocycles. The number of phenols is 2. The van der Waals surface area contributed by atoms with E-state index in [9.17, 15) is 30.2 Å². The highest BCUT2D eigenvalue weighted by Crippen LogP contribution is 2.49. The zero-order valence-corrected chi connectivity index (χ0v) is 22.9. The number of carbonyl (C=O) groups is 1. The van der Waals surface area contributed by atoms with Crippen molar-refractivity contribution in [1.82, 2.24) is 10.2 Å². The SMILES string of the molecule is CC(c1ccc(O)c(O)c1)[C@H]1N(CC2CC2)CCC2CCCCC21O.CNC(=O)Cc1ccc([N+](=O)[O-])cc1. The van der Waals surface area contributed by atoms with Crippen LogP contribution in [0.1, 0.15) is 68.9 Å². The third-order valence-electron chi connectivity index (χ3n) is 8.74. The fourth-order valence-electron chi connectivity index (χ4n) is 6.41. The molecule has 2 aromatic rings. The Bertz CT molecular complexity index is 1150. The number of aliphatic hydroxyl groups is 1. The Labute approximate surface area is 230 Å². The summed E-state index contributed by atoms with van der Waals surface area (Å²) in [7, 11) is 1.55. The number of amides is 1. The molecule has 4 N–H and O–H groups in total. The number of nitro groups is 1. The van der Waals surface area contributed by atoms with Crippen molar-refractivity contribution in [2.24, 2.45) is 11.8 Å². The second-order valence-electron chi connectivity index (χ2n) is 11.4. The Morgan fingerprint density at radius 3 is 2.44 bits per heavy atom. The molecule has 3 aliphatic rings. The number of aromatic hydroxyl groups is 2. The second-order valence-corrected chi connectivity index (χ2v) is 11.4. The number of likely N-dealkylation sites (tertiary alicyclic amines) is 1. The van der Waals surface area contributed by atoms with Crippen molar-refractivity contribution >= 4 is 11.6 Å². The van der Waals surface area contributed by atoms with E-state index in [1.807, 2.05) is 6.07 Å². The van der Waals surface area contributed by atoms with Gasteiger partial charge in [-0.3, -0.25) is 19.8 Å². The highest BCUT2D eigenvalue weighted by molar-refractivity contribution is 5.78. The molecule has 2 aliphatic carbocycles. The standard InChI is InChI=1S/C21H31NO3.C9H10N2O3/c1-14(16-7-8-18(23)19(24)12-16)20-21(25)10-3-2-4-17(21)9-11-22(20)13-15-5-6-15;1-10-9(12)6-7-2-4-8(5-3-7)11(13)14/h7-8,12,14-15,17,20,23-25H,2-6,9-11,13H2,1H3;2-5H,6H2,1H3,(H,10,12)/t14?,17?,20-,21?;/m1./s1. The topological polar surface area (TPSA) is 136 Å². The molecule has 0 bridgehead atoms. The van der Waals surface area contributed by atoms with Gasteiger partial charge in [-0.25, -0.2) is 0 Å². The number of phenolic OH excluding ortho intramolecular Hbond substituents is 2. The Balaban J connectivity index is 0.000000215. The van der Waals surface area contributed by atoms with E-state index in [1.165, 1.54) is 31.4 Å². The predicted octanol–water partition coefficient (Wildman–Crippen LogP) is 4.49. The number of non-ortho nitro benzene ring substituents is 1. The Kier molecular flexibility index (Phi) is 9.12. The molecular weight excluding hydrogens is 498 g/mol. The summed E-state index contributed by atoms with van der Waals surface area (Å²) in [4.78, 5) is 23.3. The lowest BCUT2D eigenvalue weighted by Gasteiger charge is -2.56. The summed E-state index contributed by atoms with van der Waals surface area (Å²) in [6, 6.07) is 11.2. The molecule has 1 saturated heterocycles. The summed E-state index contributed by atoms with van der Waals surface area (Å²) in [5.74, 6) is 1.06. The first-order valence-electron chi connectivity index (χ1n) is 14.0. The first-order valence-corrected chi connectivity index (χ1v) is 14.0. The molecule has 0 aromatic heterocycles. The van der Waals surface area contributed by atoms with Crippen LogP contribution in [-0.4, -0.2) is 62.8 Å². The lowest BCUT2D eigenvalue weighted by molar-refractivity contribution is -0.384. The summed E-state index contributed by atoms with van der Waals surface area (Å²) >= 11 is 0. The van der Waals surface area contributed by atoms with Gasteiger partial charge in [-0.05, 0) is 79.7 Å². The number of nitrogens with zero attached hydrogens (tertiary/aromatic N) is 2. The fraction of sp³-hybridized carbons (Fsp3) is 0.567. The molecule has 3 unspecified atom stereocenters. The van der Waals surface area contributed by atoms with Crippen molar-refractivity contribution in [3.8, 4) is 11.5 Å². The van der Waals surface area contributed by atoms with E-state index >= 15 is 0 Å². The van der Waals surface area contributed by atoms with Gasteiger partial charge >= 0.3 is 0 Å². The molecule has 0 radical (unpaired) electrons. The third-order valence-corrected chi connectivity index (χ3v) is 8.74. The van der Waals surface area contributed by atoms with Crippen molar-refractivity contribution in [3.63, 3.8) is 0 Å². The average Bonchev–Trinajstić information content (AvgIpc) is 3.74. The third kappa shape index (κ3) is 6.89. The molecular formula is C30H41N3O6. The van der Waals surface area contributed by atoms with E-state index in [0.717, 1.165) is 55.8 Å². The van der Waals surface area contributed by atoms with Gasteiger partial charge in [0, 0.05) is 31.8 Å². The molecule has 5 rings (SSSR count). The van der Waals surface area contributed by atoms with Crippen molar-refractivity contribution in [3.05, 3.63) is 63.7 Å². The quantitative estimate of drug-likeness (QED) is 0.231. The van der Waals surface area contributed by atoms with E-state index < -0.39 is 10.5 Å². The number of rotatable bonds is 7. The van der Waals surface area contributed by atoms with Crippen LogP contribution in [0.3, 0.4) is 0 Å². The van der Waals surface area contributed by atoms with E-state index in [4.69, 9.17) is 0 Å². The van der Waals surface area contributed by atoms with Crippen LogP contribution >= 0.6 is 0 Å². The lowest BCUT2D eigenvalue weighted by atomic mass is 9.63. The molecule has 1 heterocycles. The smallest absolute Gasteiger partial charge is 0.269 e. The largest absolute Gasteiger partial charge is 0.504 e. The Morgan fingerprint density at radius 2 is 1.82 bits per heavy atom. The normalized spacial score (nSPS) is 25.5. The number of nitrogens with one attached hydrogen (secondary N) is 1. The first-order chi connectivity index (χ1) is 18.6. The van der Waals surface area contributed by atoms with Crippen LogP contribution in [-0.2, 0) is 11.2 Å². The van der Waals surface area contributed by atoms with Crippen LogP contribution in [0.2, 0.25) is 0 Å². The maximum atomic E-state index is 11.8.